The molecule has 1 fully saturated rings. The number of nitrogens with zero attached hydrogens (tertiary/aromatic N) is 2. The molecule has 2 heterocycles. The average Bonchev–Trinajstić information content (AvgIpc) is 2.91. The van der Waals surface area contributed by atoms with Gasteiger partial charge in [0.1, 0.15) is 5.25 Å². The molecule has 8 heteroatoms. The van der Waals surface area contributed by atoms with Gasteiger partial charge in [-0.2, -0.15) is 4.99 Å². The number of morpholine rings is 1. The second kappa shape index (κ2) is 7.33. The Labute approximate surface area is 143 Å². The average molecular weight is 354 g/mol. The Morgan fingerprint density at radius 1 is 1.39 bits per heavy atom. The fourth-order valence-electron chi connectivity index (χ4n) is 2.33. The lowest BCUT2D eigenvalue weighted by Gasteiger charge is -2.27. The van der Waals surface area contributed by atoms with Crippen molar-refractivity contribution in [3.63, 3.8) is 0 Å². The van der Waals surface area contributed by atoms with Crippen LogP contribution in [0.25, 0.3) is 0 Å². The Bertz CT molecular complexity index is 647. The molecule has 0 radical (unpaired) electrons. The van der Waals surface area contributed by atoms with E-state index in [-0.39, 0.29) is 18.2 Å². The first kappa shape index (κ1) is 16.3. The number of hydrogen-bond donors (Lipinski definition) is 1. The number of thioether (sulfide) groups is 1. The van der Waals surface area contributed by atoms with Crippen LogP contribution in [-0.2, 0) is 14.3 Å². The van der Waals surface area contributed by atoms with Gasteiger partial charge in [-0.05, 0) is 12.1 Å². The summed E-state index contributed by atoms with van der Waals surface area (Å²) in [6.07, 6.45) is 0.0755. The zero-order valence-electron chi connectivity index (χ0n) is 12.3. The Balaban J connectivity index is 1.56. The van der Waals surface area contributed by atoms with Gasteiger partial charge < -0.3 is 15.0 Å². The van der Waals surface area contributed by atoms with Crippen LogP contribution in [0.3, 0.4) is 0 Å². The Morgan fingerprint density at radius 2 is 2.13 bits per heavy atom. The number of aliphatic imine (C=N–C) groups is 1. The van der Waals surface area contributed by atoms with Crippen LogP contribution in [-0.4, -0.2) is 53.4 Å². The molecule has 0 spiro atoms. The highest BCUT2D eigenvalue weighted by Crippen LogP contribution is 2.28. The molecule has 6 nitrogen and oxygen atoms in total. The third-order valence-corrected chi connectivity index (χ3v) is 5.07. The Hall–Kier alpha value is -1.57. The molecule has 2 aliphatic heterocycles. The highest BCUT2D eigenvalue weighted by Gasteiger charge is 2.33. The minimum absolute atomic E-state index is 0.0755. The van der Waals surface area contributed by atoms with Crippen molar-refractivity contribution in [2.24, 2.45) is 4.99 Å². The van der Waals surface area contributed by atoms with E-state index in [1.54, 1.807) is 24.3 Å². The monoisotopic (exact) mass is 353 g/mol. The molecule has 0 aliphatic carbocycles. The lowest BCUT2D eigenvalue weighted by Crippen LogP contribution is -2.39. The summed E-state index contributed by atoms with van der Waals surface area (Å²) in [7, 11) is 0. The number of amides is 2. The number of hydrogen-bond acceptors (Lipinski definition) is 5. The van der Waals surface area contributed by atoms with Crippen LogP contribution in [0.4, 0.5) is 5.69 Å². The van der Waals surface area contributed by atoms with E-state index in [2.05, 4.69) is 10.3 Å². The Kier molecular flexibility index (Phi) is 5.20. The van der Waals surface area contributed by atoms with E-state index in [1.165, 1.54) is 11.8 Å². The summed E-state index contributed by atoms with van der Waals surface area (Å²) in [5.74, 6) is -0.506. The van der Waals surface area contributed by atoms with Gasteiger partial charge in [0.2, 0.25) is 5.91 Å². The van der Waals surface area contributed by atoms with E-state index in [4.69, 9.17) is 16.3 Å². The van der Waals surface area contributed by atoms with Crippen LogP contribution in [0, 0.1) is 0 Å². The van der Waals surface area contributed by atoms with E-state index in [0.717, 1.165) is 13.1 Å². The van der Waals surface area contributed by atoms with Gasteiger partial charge in [0.15, 0.2) is 5.17 Å². The number of nitrogens with one attached hydrogen (secondary N) is 1. The summed E-state index contributed by atoms with van der Waals surface area (Å²) in [5, 5.41) is 3.41. The SMILES string of the molecule is O=C(C[C@H]1SC(N2CCOCC2)=NC1=O)Nc1ccccc1Cl. The topological polar surface area (TPSA) is 71.0 Å². The van der Waals surface area contributed by atoms with Gasteiger partial charge in [-0.1, -0.05) is 35.5 Å². The van der Waals surface area contributed by atoms with Crippen LogP contribution in [0.1, 0.15) is 6.42 Å². The van der Waals surface area contributed by atoms with Crippen LogP contribution >= 0.6 is 23.4 Å². The van der Waals surface area contributed by atoms with Crippen molar-refractivity contribution in [3.8, 4) is 0 Å². The van der Waals surface area contributed by atoms with Crippen molar-refractivity contribution in [3.05, 3.63) is 29.3 Å². The van der Waals surface area contributed by atoms with Crippen LogP contribution < -0.4 is 5.32 Å². The minimum atomic E-state index is -0.477. The standard InChI is InChI=1S/C15H16ClN3O3S/c16-10-3-1-2-4-11(10)17-13(20)9-12-14(21)18-15(23-12)19-5-7-22-8-6-19/h1-4,12H,5-9H2,(H,17,20)/t12-/m1/s1. The maximum absolute atomic E-state index is 12.1. The van der Waals surface area contributed by atoms with Crippen molar-refractivity contribution < 1.29 is 14.3 Å². The molecular formula is C15H16ClN3O3S. The predicted molar refractivity (Wildman–Crippen MR) is 90.9 cm³/mol. The van der Waals surface area contributed by atoms with Gasteiger partial charge >= 0.3 is 0 Å². The lowest BCUT2D eigenvalue weighted by molar-refractivity contribution is -0.121. The predicted octanol–water partition coefficient (Wildman–Crippen LogP) is 2.00. The molecule has 1 aromatic rings. The first-order valence-electron chi connectivity index (χ1n) is 7.30. The van der Waals surface area contributed by atoms with Crippen LogP contribution in [0.2, 0.25) is 5.02 Å². The molecule has 0 saturated carbocycles. The number of carbonyl (C=O) groups is 2. The molecule has 1 N–H and O–H groups in total. The van der Waals surface area contributed by atoms with E-state index in [0.29, 0.717) is 29.1 Å². The third kappa shape index (κ3) is 4.04. The number of halogens is 1. The fraction of sp³-hybridized carbons (Fsp3) is 0.400. The molecule has 3 rings (SSSR count). The van der Waals surface area contributed by atoms with E-state index in [1.807, 2.05) is 4.90 Å². The summed E-state index contributed by atoms with van der Waals surface area (Å²) in [6.45, 7) is 2.70. The Morgan fingerprint density at radius 3 is 2.87 bits per heavy atom. The second-order valence-corrected chi connectivity index (χ2v) is 6.75. The van der Waals surface area contributed by atoms with E-state index >= 15 is 0 Å². The molecular weight excluding hydrogens is 338 g/mol. The molecule has 23 heavy (non-hydrogen) atoms. The smallest absolute Gasteiger partial charge is 0.262 e. The number of carbonyl (C=O) groups excluding carboxylic acids is 2. The summed E-state index contributed by atoms with van der Waals surface area (Å²) in [6, 6.07) is 7.00. The van der Waals surface area contributed by atoms with Crippen molar-refractivity contribution >= 4 is 46.0 Å². The quantitative estimate of drug-likeness (QED) is 0.900. The number of benzene rings is 1. The fourth-order valence-corrected chi connectivity index (χ4v) is 3.63. The third-order valence-electron chi connectivity index (χ3n) is 3.53. The van der Waals surface area contributed by atoms with Crippen molar-refractivity contribution in [2.75, 3.05) is 31.6 Å². The van der Waals surface area contributed by atoms with Gasteiger partial charge in [-0.25, -0.2) is 0 Å². The molecule has 2 aliphatic rings. The maximum Gasteiger partial charge on any atom is 0.262 e. The zero-order valence-corrected chi connectivity index (χ0v) is 13.9. The summed E-state index contributed by atoms with van der Waals surface area (Å²) < 4.78 is 5.29. The lowest BCUT2D eigenvalue weighted by atomic mass is 10.2. The van der Waals surface area contributed by atoms with Crippen molar-refractivity contribution in [1.82, 2.24) is 4.90 Å². The van der Waals surface area contributed by atoms with Crippen LogP contribution in [0.15, 0.2) is 29.3 Å². The summed E-state index contributed by atoms with van der Waals surface area (Å²) in [4.78, 5) is 30.2. The van der Waals surface area contributed by atoms with Gasteiger partial charge in [0.25, 0.3) is 5.91 Å². The number of ether oxygens (including phenoxy) is 1. The molecule has 2 amide bonds. The van der Waals surface area contributed by atoms with E-state index in [9.17, 15) is 9.59 Å². The summed E-state index contributed by atoms with van der Waals surface area (Å²) >= 11 is 7.36. The molecule has 122 valence electrons. The largest absolute Gasteiger partial charge is 0.378 e. The number of amidine groups is 1. The molecule has 0 aromatic heterocycles. The highest BCUT2D eigenvalue weighted by atomic mass is 35.5. The summed E-state index contributed by atoms with van der Waals surface area (Å²) in [5.41, 5.74) is 0.545. The molecule has 1 saturated heterocycles. The van der Waals surface area contributed by atoms with Crippen LogP contribution in [0.5, 0.6) is 0 Å². The molecule has 0 unspecified atom stereocenters. The van der Waals surface area contributed by atoms with Crippen molar-refractivity contribution in [1.29, 1.82) is 0 Å². The van der Waals surface area contributed by atoms with E-state index < -0.39 is 5.25 Å². The second-order valence-electron chi connectivity index (χ2n) is 5.17. The van der Waals surface area contributed by atoms with Gasteiger partial charge in [0.05, 0.1) is 23.9 Å². The first-order chi connectivity index (χ1) is 11.1. The van der Waals surface area contributed by atoms with Gasteiger partial charge in [-0.3, -0.25) is 9.59 Å². The zero-order chi connectivity index (χ0) is 16.2. The number of para-hydroxylation sites is 1. The molecule has 1 aromatic carbocycles. The molecule has 1 atom stereocenters. The van der Waals surface area contributed by atoms with Gasteiger partial charge in [0, 0.05) is 19.5 Å². The van der Waals surface area contributed by atoms with Crippen molar-refractivity contribution in [2.45, 2.75) is 11.7 Å². The first-order valence-corrected chi connectivity index (χ1v) is 8.55. The normalized spacial score (nSPS) is 21.3. The maximum atomic E-state index is 12.1. The minimum Gasteiger partial charge on any atom is -0.378 e. The number of rotatable bonds is 3. The number of anilines is 1. The molecule has 0 bridgehead atoms. The highest BCUT2D eigenvalue weighted by molar-refractivity contribution is 8.15. The van der Waals surface area contributed by atoms with Gasteiger partial charge in [-0.15, -0.1) is 0 Å².